The predicted molar refractivity (Wildman–Crippen MR) is 74.8 cm³/mol. The molecule has 0 radical (unpaired) electrons. The summed E-state index contributed by atoms with van der Waals surface area (Å²) in [6.07, 6.45) is 0.122. The van der Waals surface area contributed by atoms with E-state index in [0.717, 1.165) is 12.1 Å². The lowest BCUT2D eigenvalue weighted by Gasteiger charge is -2.28. The van der Waals surface area contributed by atoms with Crippen LogP contribution in [0.25, 0.3) is 0 Å². The first-order valence-corrected chi connectivity index (χ1v) is 7.73. The highest BCUT2D eigenvalue weighted by atomic mass is 32.2. The summed E-state index contributed by atoms with van der Waals surface area (Å²) >= 11 is 0. The van der Waals surface area contributed by atoms with Crippen molar-refractivity contribution in [3.8, 4) is 6.07 Å². The molecule has 0 fully saturated rings. The fourth-order valence-electron chi connectivity index (χ4n) is 1.74. The van der Waals surface area contributed by atoms with Crippen molar-refractivity contribution < 1.29 is 12.8 Å². The molecule has 0 bridgehead atoms. The van der Waals surface area contributed by atoms with Crippen molar-refractivity contribution in [3.05, 3.63) is 30.1 Å². The van der Waals surface area contributed by atoms with Crippen molar-refractivity contribution in [2.75, 3.05) is 13.1 Å². The van der Waals surface area contributed by atoms with E-state index in [1.165, 1.54) is 16.4 Å². The molecule has 4 nitrogen and oxygen atoms in total. The zero-order valence-electron chi connectivity index (χ0n) is 11.9. The van der Waals surface area contributed by atoms with Gasteiger partial charge in [-0.25, -0.2) is 12.8 Å². The number of hydrogen-bond donors (Lipinski definition) is 0. The molecular weight excluding hydrogens is 279 g/mol. The van der Waals surface area contributed by atoms with Crippen LogP contribution in [0.15, 0.2) is 29.2 Å². The average Bonchev–Trinajstić information content (AvgIpc) is 2.33. The summed E-state index contributed by atoms with van der Waals surface area (Å²) in [5.41, 5.74) is -0.234. The maximum Gasteiger partial charge on any atom is 0.243 e. The maximum atomic E-state index is 12.9. The van der Waals surface area contributed by atoms with Gasteiger partial charge in [-0.2, -0.15) is 9.57 Å². The Kier molecular flexibility index (Phi) is 5.26. The van der Waals surface area contributed by atoms with E-state index in [-0.39, 0.29) is 23.3 Å². The van der Waals surface area contributed by atoms with Crippen LogP contribution in [0.5, 0.6) is 0 Å². The van der Waals surface area contributed by atoms with Crippen LogP contribution in [0, 0.1) is 22.6 Å². The van der Waals surface area contributed by atoms with Crippen LogP contribution in [0.2, 0.25) is 0 Å². The number of hydrogen-bond acceptors (Lipinski definition) is 3. The Hall–Kier alpha value is -1.45. The van der Waals surface area contributed by atoms with E-state index in [2.05, 4.69) is 0 Å². The predicted octanol–water partition coefficient (Wildman–Crippen LogP) is 2.78. The Morgan fingerprint density at radius 2 is 1.80 bits per heavy atom. The molecule has 0 heterocycles. The molecule has 0 amide bonds. The first kappa shape index (κ1) is 16.6. The van der Waals surface area contributed by atoms with Crippen molar-refractivity contribution >= 4 is 10.0 Å². The smallest absolute Gasteiger partial charge is 0.207 e. The molecule has 0 spiro atoms. The summed E-state index contributed by atoms with van der Waals surface area (Å²) in [6, 6.07) is 6.67. The molecule has 1 aromatic rings. The minimum absolute atomic E-state index is 0.0427. The third-order valence-corrected chi connectivity index (χ3v) is 4.43. The number of halogens is 1. The molecule has 0 aliphatic heterocycles. The number of nitriles is 1. The highest BCUT2D eigenvalue weighted by Crippen LogP contribution is 2.22. The molecule has 0 N–H and O–H groups in total. The van der Waals surface area contributed by atoms with Crippen LogP contribution in [0.3, 0.4) is 0 Å². The van der Waals surface area contributed by atoms with E-state index in [1.807, 2.05) is 26.8 Å². The van der Waals surface area contributed by atoms with Gasteiger partial charge in [-0.1, -0.05) is 20.8 Å². The zero-order chi connectivity index (χ0) is 15.4. The summed E-state index contributed by atoms with van der Waals surface area (Å²) < 4.78 is 39.2. The first-order chi connectivity index (χ1) is 9.16. The van der Waals surface area contributed by atoms with Gasteiger partial charge in [0.05, 0.1) is 11.0 Å². The van der Waals surface area contributed by atoms with E-state index in [0.29, 0.717) is 6.54 Å². The van der Waals surface area contributed by atoms with E-state index < -0.39 is 15.8 Å². The molecular formula is C14H19FN2O2S. The molecule has 1 aromatic carbocycles. The molecule has 0 aliphatic carbocycles. The third-order valence-electron chi connectivity index (χ3n) is 2.58. The minimum atomic E-state index is -3.71. The van der Waals surface area contributed by atoms with Gasteiger partial charge in [0, 0.05) is 19.5 Å². The fraction of sp³-hybridized carbons (Fsp3) is 0.500. The van der Waals surface area contributed by atoms with Gasteiger partial charge in [-0.15, -0.1) is 0 Å². The largest absolute Gasteiger partial charge is 0.243 e. The Morgan fingerprint density at radius 3 is 2.25 bits per heavy atom. The SMILES string of the molecule is CC(C)(C)CN(CCC#N)S(=O)(=O)c1ccc(F)cc1. The normalized spacial score (nSPS) is 12.4. The van der Waals surface area contributed by atoms with Gasteiger partial charge in [-0.3, -0.25) is 0 Å². The van der Waals surface area contributed by atoms with Crippen molar-refractivity contribution in [2.45, 2.75) is 32.1 Å². The van der Waals surface area contributed by atoms with Crippen LogP contribution < -0.4 is 0 Å². The van der Waals surface area contributed by atoms with Crippen LogP contribution >= 0.6 is 0 Å². The average molecular weight is 298 g/mol. The summed E-state index contributed by atoms with van der Waals surface area (Å²) in [5, 5.41) is 8.67. The van der Waals surface area contributed by atoms with Crippen molar-refractivity contribution in [1.82, 2.24) is 4.31 Å². The Morgan fingerprint density at radius 1 is 1.25 bits per heavy atom. The lowest BCUT2D eigenvalue weighted by Crippen LogP contribution is -2.38. The van der Waals surface area contributed by atoms with Gasteiger partial charge < -0.3 is 0 Å². The second kappa shape index (κ2) is 6.33. The first-order valence-electron chi connectivity index (χ1n) is 6.29. The van der Waals surface area contributed by atoms with E-state index in [1.54, 1.807) is 0 Å². The number of rotatable bonds is 5. The number of nitrogens with zero attached hydrogens (tertiary/aromatic N) is 2. The molecule has 0 saturated carbocycles. The molecule has 0 atom stereocenters. The lowest BCUT2D eigenvalue weighted by atomic mass is 9.97. The van der Waals surface area contributed by atoms with Crippen LogP contribution in [-0.4, -0.2) is 25.8 Å². The Balaban J connectivity index is 3.10. The Labute approximate surface area is 119 Å². The second-order valence-corrected chi connectivity index (χ2v) is 7.70. The topological polar surface area (TPSA) is 61.2 Å². The molecule has 0 unspecified atom stereocenters. The minimum Gasteiger partial charge on any atom is -0.207 e. The van der Waals surface area contributed by atoms with Gasteiger partial charge in [-0.05, 0) is 29.7 Å². The highest BCUT2D eigenvalue weighted by Gasteiger charge is 2.28. The molecule has 1 rings (SSSR count). The molecule has 0 aromatic heterocycles. The van der Waals surface area contributed by atoms with E-state index >= 15 is 0 Å². The molecule has 6 heteroatoms. The van der Waals surface area contributed by atoms with Crippen LogP contribution in [0.1, 0.15) is 27.2 Å². The summed E-state index contributed by atoms with van der Waals surface area (Å²) in [6.45, 7) is 6.20. The number of sulfonamides is 1. The molecule has 0 saturated heterocycles. The summed E-state index contributed by atoms with van der Waals surface area (Å²) in [4.78, 5) is 0.0427. The highest BCUT2D eigenvalue weighted by molar-refractivity contribution is 7.89. The van der Waals surface area contributed by atoms with Gasteiger partial charge in [0.25, 0.3) is 0 Å². The van der Waals surface area contributed by atoms with Crippen molar-refractivity contribution in [1.29, 1.82) is 5.26 Å². The standard InChI is InChI=1S/C14H19FN2O2S/c1-14(2,3)11-17(10-4-9-16)20(18,19)13-7-5-12(15)6-8-13/h5-8H,4,10-11H2,1-3H3. The lowest BCUT2D eigenvalue weighted by molar-refractivity contribution is 0.285. The fourth-order valence-corrected chi connectivity index (χ4v) is 3.41. The maximum absolute atomic E-state index is 12.9. The summed E-state index contributed by atoms with van der Waals surface area (Å²) in [7, 11) is -3.71. The number of benzene rings is 1. The second-order valence-electron chi connectivity index (χ2n) is 5.76. The molecule has 20 heavy (non-hydrogen) atoms. The van der Waals surface area contributed by atoms with Crippen molar-refractivity contribution in [3.63, 3.8) is 0 Å². The zero-order valence-corrected chi connectivity index (χ0v) is 12.7. The van der Waals surface area contributed by atoms with Gasteiger partial charge in [0.2, 0.25) is 10.0 Å². The van der Waals surface area contributed by atoms with E-state index in [9.17, 15) is 12.8 Å². The molecule has 110 valence electrons. The van der Waals surface area contributed by atoms with Crippen LogP contribution in [0.4, 0.5) is 4.39 Å². The van der Waals surface area contributed by atoms with E-state index in [4.69, 9.17) is 5.26 Å². The summed E-state index contributed by atoms with van der Waals surface area (Å²) in [5.74, 6) is -0.483. The quantitative estimate of drug-likeness (QED) is 0.839. The van der Waals surface area contributed by atoms with Gasteiger partial charge >= 0.3 is 0 Å². The monoisotopic (exact) mass is 298 g/mol. The third kappa shape index (κ3) is 4.58. The van der Waals surface area contributed by atoms with Crippen LogP contribution in [-0.2, 0) is 10.0 Å². The Bertz CT molecular complexity index is 583. The van der Waals surface area contributed by atoms with Crippen molar-refractivity contribution in [2.24, 2.45) is 5.41 Å². The molecule has 0 aliphatic rings. The van der Waals surface area contributed by atoms with Gasteiger partial charge in [0.1, 0.15) is 5.82 Å². The van der Waals surface area contributed by atoms with Gasteiger partial charge in [0.15, 0.2) is 0 Å².